The molecule has 0 bridgehead atoms. The highest BCUT2D eigenvalue weighted by molar-refractivity contribution is 7.18. The maximum Gasteiger partial charge on any atom is 0.234 e. The lowest BCUT2D eigenvalue weighted by atomic mass is 9.68. The van der Waals surface area contributed by atoms with E-state index in [0.717, 1.165) is 42.9 Å². The van der Waals surface area contributed by atoms with E-state index in [1.807, 2.05) is 24.3 Å². The van der Waals surface area contributed by atoms with Gasteiger partial charge in [-0.05, 0) is 31.4 Å². The van der Waals surface area contributed by atoms with Crippen LogP contribution in [0, 0.1) is 11.3 Å². The van der Waals surface area contributed by atoms with Crippen LogP contribution < -0.4 is 10.6 Å². The number of nitrogens with zero attached hydrogens (tertiary/aromatic N) is 2. The SMILES string of the molecule is O=C(Nc1nnc(-c2ccccc2Cl)s1)[C@@]12CCCC[C@H]1CNC2. The van der Waals surface area contributed by atoms with Gasteiger partial charge in [-0.15, -0.1) is 10.2 Å². The predicted molar refractivity (Wildman–Crippen MR) is 96.2 cm³/mol. The van der Waals surface area contributed by atoms with Crippen molar-refractivity contribution in [2.75, 3.05) is 18.4 Å². The predicted octanol–water partition coefficient (Wildman–Crippen LogP) is 3.58. The maximum atomic E-state index is 12.9. The molecular formula is C17H19ClN4OS. The molecule has 2 heterocycles. The monoisotopic (exact) mass is 362 g/mol. The van der Waals surface area contributed by atoms with Crippen LogP contribution in [0.15, 0.2) is 24.3 Å². The van der Waals surface area contributed by atoms with Crippen molar-refractivity contribution < 1.29 is 4.79 Å². The van der Waals surface area contributed by atoms with Gasteiger partial charge < -0.3 is 5.32 Å². The molecule has 2 atom stereocenters. The molecule has 0 radical (unpaired) electrons. The van der Waals surface area contributed by atoms with Gasteiger partial charge in [-0.2, -0.15) is 0 Å². The summed E-state index contributed by atoms with van der Waals surface area (Å²) in [6.45, 7) is 1.70. The van der Waals surface area contributed by atoms with Gasteiger partial charge in [0.25, 0.3) is 0 Å². The quantitative estimate of drug-likeness (QED) is 0.875. The molecule has 1 amide bonds. The van der Waals surface area contributed by atoms with Crippen LogP contribution in [0.2, 0.25) is 5.02 Å². The molecule has 4 rings (SSSR count). The molecule has 1 aliphatic heterocycles. The summed E-state index contributed by atoms with van der Waals surface area (Å²) < 4.78 is 0. The molecule has 2 N–H and O–H groups in total. The smallest absolute Gasteiger partial charge is 0.234 e. The normalized spacial score (nSPS) is 26.1. The molecule has 1 saturated carbocycles. The summed E-state index contributed by atoms with van der Waals surface area (Å²) in [7, 11) is 0. The molecule has 1 saturated heterocycles. The first-order valence-corrected chi connectivity index (χ1v) is 9.49. The van der Waals surface area contributed by atoms with Gasteiger partial charge >= 0.3 is 0 Å². The summed E-state index contributed by atoms with van der Waals surface area (Å²) >= 11 is 7.58. The first-order valence-electron chi connectivity index (χ1n) is 8.30. The Labute approximate surface area is 149 Å². The first-order chi connectivity index (χ1) is 11.7. The number of rotatable bonds is 3. The van der Waals surface area contributed by atoms with Crippen LogP contribution >= 0.6 is 22.9 Å². The van der Waals surface area contributed by atoms with Gasteiger partial charge in [-0.3, -0.25) is 10.1 Å². The Balaban J connectivity index is 1.54. The van der Waals surface area contributed by atoms with E-state index < -0.39 is 0 Å². The van der Waals surface area contributed by atoms with E-state index in [2.05, 4.69) is 20.8 Å². The number of amides is 1. The van der Waals surface area contributed by atoms with Crippen molar-refractivity contribution in [2.45, 2.75) is 25.7 Å². The van der Waals surface area contributed by atoms with Crippen LogP contribution in [0.5, 0.6) is 0 Å². The summed E-state index contributed by atoms with van der Waals surface area (Å²) in [4.78, 5) is 12.9. The zero-order valence-electron chi connectivity index (χ0n) is 13.2. The minimum absolute atomic E-state index is 0.0825. The van der Waals surface area contributed by atoms with Gasteiger partial charge in [0.1, 0.15) is 0 Å². The van der Waals surface area contributed by atoms with E-state index in [9.17, 15) is 4.79 Å². The summed E-state index contributed by atoms with van der Waals surface area (Å²) in [5.41, 5.74) is 0.558. The van der Waals surface area contributed by atoms with Crippen LogP contribution in [0.1, 0.15) is 25.7 Å². The lowest BCUT2D eigenvalue weighted by Crippen LogP contribution is -2.44. The van der Waals surface area contributed by atoms with Gasteiger partial charge in [0.05, 0.1) is 10.4 Å². The minimum Gasteiger partial charge on any atom is -0.315 e. The average Bonchev–Trinajstić information content (AvgIpc) is 3.22. The Morgan fingerprint density at radius 2 is 2.21 bits per heavy atom. The molecule has 2 aromatic rings. The van der Waals surface area contributed by atoms with Gasteiger partial charge in [-0.1, -0.05) is 54.0 Å². The third kappa shape index (κ3) is 2.72. The number of benzene rings is 1. The molecule has 1 aromatic heterocycles. The molecule has 5 nitrogen and oxygen atoms in total. The van der Waals surface area contributed by atoms with Crippen LogP contribution in [-0.4, -0.2) is 29.2 Å². The molecule has 2 fully saturated rings. The Bertz CT molecular complexity index is 765. The van der Waals surface area contributed by atoms with Gasteiger partial charge in [0.15, 0.2) is 5.01 Å². The van der Waals surface area contributed by atoms with Crippen molar-refractivity contribution in [1.82, 2.24) is 15.5 Å². The van der Waals surface area contributed by atoms with Crippen LogP contribution in [0.25, 0.3) is 10.6 Å². The minimum atomic E-state index is -0.283. The number of hydrogen-bond donors (Lipinski definition) is 2. The molecule has 1 aromatic carbocycles. The van der Waals surface area contributed by atoms with Gasteiger partial charge in [-0.25, -0.2) is 0 Å². The summed E-state index contributed by atoms with van der Waals surface area (Å²) in [6, 6.07) is 7.53. The van der Waals surface area contributed by atoms with Crippen molar-refractivity contribution in [3.05, 3.63) is 29.3 Å². The topological polar surface area (TPSA) is 66.9 Å². The van der Waals surface area contributed by atoms with E-state index in [0.29, 0.717) is 16.1 Å². The highest BCUT2D eigenvalue weighted by Crippen LogP contribution is 2.44. The molecule has 24 heavy (non-hydrogen) atoms. The second kappa shape index (κ2) is 6.43. The summed E-state index contributed by atoms with van der Waals surface area (Å²) in [5, 5.41) is 16.6. The van der Waals surface area contributed by atoms with Crippen LogP contribution in [0.3, 0.4) is 0 Å². The third-order valence-corrected chi connectivity index (χ3v) is 6.44. The molecule has 7 heteroatoms. The highest BCUT2D eigenvalue weighted by Gasteiger charge is 2.50. The molecule has 0 unspecified atom stereocenters. The number of aromatic nitrogens is 2. The van der Waals surface area contributed by atoms with Crippen molar-refractivity contribution >= 4 is 34.0 Å². The first kappa shape index (κ1) is 16.0. The number of carbonyl (C=O) groups excluding carboxylic acids is 1. The van der Waals surface area contributed by atoms with Crippen molar-refractivity contribution in [1.29, 1.82) is 0 Å². The van der Waals surface area contributed by atoms with E-state index in [1.54, 1.807) is 0 Å². The van der Waals surface area contributed by atoms with E-state index in [1.165, 1.54) is 17.8 Å². The maximum absolute atomic E-state index is 12.9. The van der Waals surface area contributed by atoms with Crippen molar-refractivity contribution in [3.8, 4) is 10.6 Å². The second-order valence-corrected chi connectivity index (χ2v) is 7.96. The van der Waals surface area contributed by atoms with Gasteiger partial charge in [0, 0.05) is 12.1 Å². The van der Waals surface area contributed by atoms with Crippen LogP contribution in [-0.2, 0) is 4.79 Å². The van der Waals surface area contributed by atoms with Crippen molar-refractivity contribution in [3.63, 3.8) is 0 Å². The Hall–Kier alpha value is -1.50. The number of anilines is 1. The third-order valence-electron chi connectivity index (χ3n) is 5.24. The average molecular weight is 363 g/mol. The standard InChI is InChI=1S/C17H19ClN4OS/c18-13-7-2-1-6-12(13)14-21-22-16(24-14)20-15(23)17-8-4-3-5-11(17)9-19-10-17/h1-2,6-7,11,19H,3-5,8-10H2,(H,20,22,23)/t11-,17+/m0/s1. The van der Waals surface area contributed by atoms with Crippen molar-refractivity contribution in [2.24, 2.45) is 11.3 Å². The second-order valence-electron chi connectivity index (χ2n) is 6.58. The summed E-state index contributed by atoms with van der Waals surface area (Å²) in [5.74, 6) is 0.515. The highest BCUT2D eigenvalue weighted by atomic mass is 35.5. The number of halogens is 1. The zero-order chi connectivity index (χ0) is 16.6. The van der Waals surface area contributed by atoms with E-state index in [-0.39, 0.29) is 11.3 Å². The largest absolute Gasteiger partial charge is 0.315 e. The lowest BCUT2D eigenvalue weighted by molar-refractivity contribution is -0.128. The fourth-order valence-corrected chi connectivity index (χ4v) is 4.99. The Morgan fingerprint density at radius 1 is 1.33 bits per heavy atom. The molecule has 2 aliphatic rings. The molecular weight excluding hydrogens is 344 g/mol. The molecule has 1 aliphatic carbocycles. The number of carbonyl (C=O) groups is 1. The fourth-order valence-electron chi connectivity index (χ4n) is 3.93. The Morgan fingerprint density at radius 3 is 3.08 bits per heavy atom. The zero-order valence-corrected chi connectivity index (χ0v) is 14.8. The number of fused-ring (bicyclic) bond motifs is 1. The van der Waals surface area contributed by atoms with Gasteiger partial charge in [0.2, 0.25) is 11.0 Å². The lowest BCUT2D eigenvalue weighted by Gasteiger charge is -2.36. The van der Waals surface area contributed by atoms with E-state index in [4.69, 9.17) is 11.6 Å². The molecule has 126 valence electrons. The fraction of sp³-hybridized carbons (Fsp3) is 0.471. The number of hydrogen-bond acceptors (Lipinski definition) is 5. The summed E-state index contributed by atoms with van der Waals surface area (Å²) in [6.07, 6.45) is 4.41. The van der Waals surface area contributed by atoms with E-state index >= 15 is 0 Å². The Kier molecular flexibility index (Phi) is 4.28. The molecule has 0 spiro atoms. The van der Waals surface area contributed by atoms with Crippen LogP contribution in [0.4, 0.5) is 5.13 Å². The number of nitrogens with one attached hydrogen (secondary N) is 2.